The summed E-state index contributed by atoms with van der Waals surface area (Å²) in [6.07, 6.45) is 2.71. The van der Waals surface area contributed by atoms with Crippen LogP contribution in [0.25, 0.3) is 0 Å². The number of nitrogens with zero attached hydrogens (tertiary/aromatic N) is 1. The van der Waals surface area contributed by atoms with E-state index in [-0.39, 0.29) is 5.82 Å². The molecular weight excluding hydrogens is 265 g/mol. The first-order valence-electron chi connectivity index (χ1n) is 4.53. The van der Waals surface area contributed by atoms with Crippen molar-refractivity contribution in [3.63, 3.8) is 0 Å². The van der Waals surface area contributed by atoms with Gasteiger partial charge in [-0.3, -0.25) is 0 Å². The van der Waals surface area contributed by atoms with Gasteiger partial charge in [0.25, 0.3) is 0 Å². The predicted octanol–water partition coefficient (Wildman–Crippen LogP) is 4.12. The van der Waals surface area contributed by atoms with Crippen LogP contribution in [0.3, 0.4) is 0 Å². The average Bonchev–Trinajstić information content (AvgIpc) is 2.08. The fourth-order valence-corrected chi connectivity index (χ4v) is 2.31. The molecule has 0 saturated heterocycles. The van der Waals surface area contributed by atoms with E-state index in [0.717, 1.165) is 12.2 Å². The number of hydrogen-bond donors (Lipinski definition) is 0. The zero-order chi connectivity index (χ0) is 10.6. The number of thioether (sulfide) groups is 1. The second kappa shape index (κ2) is 5.71. The van der Waals surface area contributed by atoms with Gasteiger partial charge in [0.2, 0.25) is 0 Å². The smallest absolute Gasteiger partial charge is 0.156 e. The number of halogens is 2. The first-order chi connectivity index (χ1) is 6.59. The third-order valence-electron chi connectivity index (χ3n) is 1.71. The van der Waals surface area contributed by atoms with Crippen LogP contribution >= 0.6 is 27.7 Å². The topological polar surface area (TPSA) is 12.9 Å². The lowest BCUT2D eigenvalue weighted by Crippen LogP contribution is -1.92. The summed E-state index contributed by atoms with van der Waals surface area (Å²) in [6, 6.07) is 1.45. The molecule has 0 radical (unpaired) electrons. The highest BCUT2D eigenvalue weighted by molar-refractivity contribution is 9.10. The normalized spacial score (nSPS) is 10.9. The standard InChI is InChI=1S/C10H13BrFNS/c1-7(2)3-4-14-10-9(12)5-8(11)6-13-10/h5-7H,3-4H2,1-2H3. The van der Waals surface area contributed by atoms with Crippen molar-refractivity contribution in [2.24, 2.45) is 5.92 Å². The molecule has 0 aliphatic carbocycles. The molecule has 1 rings (SSSR count). The van der Waals surface area contributed by atoms with Crippen LogP contribution in [0, 0.1) is 11.7 Å². The van der Waals surface area contributed by atoms with Crippen LogP contribution in [0.1, 0.15) is 20.3 Å². The molecule has 0 N–H and O–H groups in total. The van der Waals surface area contributed by atoms with Gasteiger partial charge < -0.3 is 0 Å². The van der Waals surface area contributed by atoms with Crippen molar-refractivity contribution < 1.29 is 4.39 Å². The van der Waals surface area contributed by atoms with E-state index in [1.807, 2.05) is 0 Å². The molecule has 1 aromatic rings. The fraction of sp³-hybridized carbons (Fsp3) is 0.500. The maximum Gasteiger partial charge on any atom is 0.156 e. The highest BCUT2D eigenvalue weighted by atomic mass is 79.9. The Morgan fingerprint density at radius 3 is 2.86 bits per heavy atom. The van der Waals surface area contributed by atoms with E-state index in [2.05, 4.69) is 34.8 Å². The number of aromatic nitrogens is 1. The Kier molecular flexibility index (Phi) is 4.89. The van der Waals surface area contributed by atoms with E-state index in [1.165, 1.54) is 17.8 Å². The van der Waals surface area contributed by atoms with Gasteiger partial charge >= 0.3 is 0 Å². The molecule has 1 aromatic heterocycles. The molecule has 0 saturated carbocycles. The number of rotatable bonds is 4. The van der Waals surface area contributed by atoms with E-state index in [1.54, 1.807) is 6.20 Å². The van der Waals surface area contributed by atoms with E-state index in [9.17, 15) is 4.39 Å². The summed E-state index contributed by atoms with van der Waals surface area (Å²) in [6.45, 7) is 4.32. The van der Waals surface area contributed by atoms with Crippen molar-refractivity contribution in [2.45, 2.75) is 25.3 Å². The molecule has 0 bridgehead atoms. The monoisotopic (exact) mass is 277 g/mol. The molecule has 0 spiro atoms. The third kappa shape index (κ3) is 3.96. The summed E-state index contributed by atoms with van der Waals surface area (Å²) >= 11 is 4.65. The highest BCUT2D eigenvalue weighted by Crippen LogP contribution is 2.23. The van der Waals surface area contributed by atoms with Crippen LogP contribution in [0.15, 0.2) is 21.8 Å². The van der Waals surface area contributed by atoms with Crippen molar-refractivity contribution in [1.29, 1.82) is 0 Å². The Bertz CT molecular complexity index is 304. The van der Waals surface area contributed by atoms with Gasteiger partial charge in [-0.15, -0.1) is 11.8 Å². The molecule has 1 nitrogen and oxygen atoms in total. The zero-order valence-electron chi connectivity index (χ0n) is 8.26. The van der Waals surface area contributed by atoms with E-state index in [0.29, 0.717) is 15.4 Å². The predicted molar refractivity (Wildman–Crippen MR) is 62.1 cm³/mol. The maximum absolute atomic E-state index is 13.3. The Labute approximate surface area is 96.6 Å². The summed E-state index contributed by atoms with van der Waals surface area (Å²) in [4.78, 5) is 4.02. The Balaban J connectivity index is 2.51. The number of hydrogen-bond acceptors (Lipinski definition) is 2. The quantitative estimate of drug-likeness (QED) is 0.768. The summed E-state index contributed by atoms with van der Waals surface area (Å²) in [7, 11) is 0. The van der Waals surface area contributed by atoms with E-state index >= 15 is 0 Å². The lowest BCUT2D eigenvalue weighted by molar-refractivity contribution is 0.585. The van der Waals surface area contributed by atoms with Crippen molar-refractivity contribution in [1.82, 2.24) is 4.98 Å². The molecule has 0 aromatic carbocycles. The molecule has 4 heteroatoms. The third-order valence-corrected chi connectivity index (χ3v) is 3.16. The highest BCUT2D eigenvalue weighted by Gasteiger charge is 2.05. The molecule has 0 atom stereocenters. The first kappa shape index (κ1) is 12.0. The van der Waals surface area contributed by atoms with Gasteiger partial charge in [-0.2, -0.15) is 0 Å². The van der Waals surface area contributed by atoms with E-state index < -0.39 is 0 Å². The summed E-state index contributed by atoms with van der Waals surface area (Å²) in [5, 5.41) is 0.494. The molecule has 0 fully saturated rings. The minimum Gasteiger partial charge on any atom is -0.246 e. The van der Waals surface area contributed by atoms with Gasteiger partial charge in [0, 0.05) is 10.7 Å². The average molecular weight is 278 g/mol. The van der Waals surface area contributed by atoms with Gasteiger partial charge in [0.1, 0.15) is 5.03 Å². The summed E-state index contributed by atoms with van der Waals surface area (Å²) in [5.74, 6) is 1.33. The van der Waals surface area contributed by atoms with Crippen molar-refractivity contribution in [3.05, 3.63) is 22.6 Å². The fourth-order valence-electron chi connectivity index (χ4n) is 0.900. The molecular formula is C10H13BrFNS. The largest absolute Gasteiger partial charge is 0.246 e. The SMILES string of the molecule is CC(C)CCSc1ncc(Br)cc1F. The molecule has 14 heavy (non-hydrogen) atoms. The lowest BCUT2D eigenvalue weighted by atomic mass is 10.2. The van der Waals surface area contributed by atoms with Crippen LogP contribution in [-0.2, 0) is 0 Å². The Morgan fingerprint density at radius 1 is 1.57 bits per heavy atom. The molecule has 0 amide bonds. The van der Waals surface area contributed by atoms with Gasteiger partial charge in [-0.1, -0.05) is 13.8 Å². The number of pyridine rings is 1. The molecule has 0 aliphatic heterocycles. The zero-order valence-corrected chi connectivity index (χ0v) is 10.7. The van der Waals surface area contributed by atoms with E-state index in [4.69, 9.17) is 0 Å². The van der Waals surface area contributed by atoms with Gasteiger partial charge in [-0.05, 0) is 40.1 Å². The van der Waals surface area contributed by atoms with Gasteiger partial charge in [-0.25, -0.2) is 9.37 Å². The van der Waals surface area contributed by atoms with Gasteiger partial charge in [0.15, 0.2) is 5.82 Å². The summed E-state index contributed by atoms with van der Waals surface area (Å²) < 4.78 is 13.9. The minimum atomic E-state index is -0.242. The molecule has 0 aliphatic rings. The molecule has 1 heterocycles. The lowest BCUT2D eigenvalue weighted by Gasteiger charge is -2.04. The maximum atomic E-state index is 13.3. The van der Waals surface area contributed by atoms with Crippen molar-refractivity contribution in [2.75, 3.05) is 5.75 Å². The molecule has 0 unspecified atom stereocenters. The second-order valence-electron chi connectivity index (χ2n) is 3.47. The van der Waals surface area contributed by atoms with Crippen LogP contribution in [-0.4, -0.2) is 10.7 Å². The van der Waals surface area contributed by atoms with Crippen LogP contribution in [0.2, 0.25) is 0 Å². The Morgan fingerprint density at radius 2 is 2.29 bits per heavy atom. The van der Waals surface area contributed by atoms with Gasteiger partial charge in [0.05, 0.1) is 0 Å². The van der Waals surface area contributed by atoms with Crippen LogP contribution < -0.4 is 0 Å². The van der Waals surface area contributed by atoms with Crippen molar-refractivity contribution >= 4 is 27.7 Å². The second-order valence-corrected chi connectivity index (χ2v) is 5.47. The minimum absolute atomic E-state index is 0.242. The van der Waals surface area contributed by atoms with Crippen molar-refractivity contribution in [3.8, 4) is 0 Å². The first-order valence-corrected chi connectivity index (χ1v) is 6.31. The van der Waals surface area contributed by atoms with Crippen LogP contribution in [0.4, 0.5) is 4.39 Å². The van der Waals surface area contributed by atoms with Crippen LogP contribution in [0.5, 0.6) is 0 Å². The summed E-state index contributed by atoms with van der Waals surface area (Å²) in [5.41, 5.74) is 0. The molecule has 78 valence electrons. The Hall–Kier alpha value is -0.0900.